The second-order valence-corrected chi connectivity index (χ2v) is 4.19. The summed E-state index contributed by atoms with van der Waals surface area (Å²) >= 11 is 0. The molecule has 82 valence electrons. The van der Waals surface area contributed by atoms with Gasteiger partial charge in [0.1, 0.15) is 0 Å². The number of carbonyl (C=O) groups excluding carboxylic acids is 1. The topological polar surface area (TPSA) is 44.4 Å². The fraction of sp³-hybridized carbons (Fsp3) is 0.900. The molecule has 0 saturated carbocycles. The van der Waals surface area contributed by atoms with Crippen LogP contribution in [0.4, 0.5) is 0 Å². The SMILES string of the molecule is CNC(=O)CNC1CCN(C)CC1C. The third-order valence-electron chi connectivity index (χ3n) is 2.91. The van der Waals surface area contributed by atoms with Crippen molar-refractivity contribution in [2.45, 2.75) is 19.4 Å². The summed E-state index contributed by atoms with van der Waals surface area (Å²) in [4.78, 5) is 13.4. The minimum absolute atomic E-state index is 0.0659. The Labute approximate surface area is 86.0 Å². The Hall–Kier alpha value is -0.610. The van der Waals surface area contributed by atoms with Crippen molar-refractivity contribution >= 4 is 5.91 Å². The molecule has 0 aliphatic carbocycles. The van der Waals surface area contributed by atoms with Crippen LogP contribution in [-0.2, 0) is 4.79 Å². The summed E-state index contributed by atoms with van der Waals surface area (Å²) < 4.78 is 0. The second-order valence-electron chi connectivity index (χ2n) is 4.19. The predicted molar refractivity (Wildman–Crippen MR) is 57.1 cm³/mol. The maximum atomic E-state index is 11.0. The first-order chi connectivity index (χ1) is 6.63. The highest BCUT2D eigenvalue weighted by atomic mass is 16.1. The third-order valence-corrected chi connectivity index (χ3v) is 2.91. The number of rotatable bonds is 3. The molecule has 1 fully saturated rings. The molecular formula is C10H21N3O. The highest BCUT2D eigenvalue weighted by Gasteiger charge is 2.23. The van der Waals surface area contributed by atoms with E-state index in [0.29, 0.717) is 18.5 Å². The van der Waals surface area contributed by atoms with Crippen molar-refractivity contribution in [3.63, 3.8) is 0 Å². The largest absolute Gasteiger partial charge is 0.358 e. The van der Waals surface area contributed by atoms with Crippen LogP contribution in [0.15, 0.2) is 0 Å². The zero-order valence-electron chi connectivity index (χ0n) is 9.34. The van der Waals surface area contributed by atoms with E-state index in [1.165, 1.54) is 0 Å². The Kier molecular flexibility index (Phi) is 4.35. The second kappa shape index (κ2) is 5.32. The van der Waals surface area contributed by atoms with Crippen LogP contribution >= 0.6 is 0 Å². The first kappa shape index (κ1) is 11.5. The Morgan fingerprint density at radius 3 is 2.86 bits per heavy atom. The summed E-state index contributed by atoms with van der Waals surface area (Å²) in [6.45, 7) is 4.91. The number of carbonyl (C=O) groups is 1. The molecule has 1 amide bonds. The zero-order valence-corrected chi connectivity index (χ0v) is 9.34. The molecule has 14 heavy (non-hydrogen) atoms. The molecule has 0 radical (unpaired) electrons. The molecule has 0 aromatic rings. The molecular weight excluding hydrogens is 178 g/mol. The minimum Gasteiger partial charge on any atom is -0.358 e. The van der Waals surface area contributed by atoms with Crippen LogP contribution in [0.2, 0.25) is 0 Å². The summed E-state index contributed by atoms with van der Waals surface area (Å²) in [6, 6.07) is 0.489. The van der Waals surface area contributed by atoms with Crippen LogP contribution in [0.25, 0.3) is 0 Å². The van der Waals surface area contributed by atoms with E-state index in [2.05, 4.69) is 29.5 Å². The van der Waals surface area contributed by atoms with Crippen molar-refractivity contribution in [2.75, 3.05) is 33.7 Å². The van der Waals surface area contributed by atoms with Crippen molar-refractivity contribution in [1.29, 1.82) is 0 Å². The molecule has 4 nitrogen and oxygen atoms in total. The quantitative estimate of drug-likeness (QED) is 0.654. The van der Waals surface area contributed by atoms with Crippen molar-refractivity contribution in [3.8, 4) is 0 Å². The summed E-state index contributed by atoms with van der Waals surface area (Å²) in [5, 5.41) is 5.92. The Morgan fingerprint density at radius 1 is 1.57 bits per heavy atom. The number of piperidine rings is 1. The zero-order chi connectivity index (χ0) is 10.6. The molecule has 1 aliphatic heterocycles. The van der Waals surface area contributed by atoms with Gasteiger partial charge < -0.3 is 15.5 Å². The van der Waals surface area contributed by atoms with Crippen molar-refractivity contribution < 1.29 is 4.79 Å². The molecule has 2 unspecified atom stereocenters. The van der Waals surface area contributed by atoms with Gasteiger partial charge in [0, 0.05) is 19.6 Å². The van der Waals surface area contributed by atoms with E-state index in [1.54, 1.807) is 7.05 Å². The van der Waals surface area contributed by atoms with Gasteiger partial charge in [-0.25, -0.2) is 0 Å². The molecule has 2 atom stereocenters. The first-order valence-corrected chi connectivity index (χ1v) is 5.26. The highest BCUT2D eigenvalue weighted by Crippen LogP contribution is 2.14. The highest BCUT2D eigenvalue weighted by molar-refractivity contribution is 5.77. The fourth-order valence-corrected chi connectivity index (χ4v) is 1.97. The smallest absolute Gasteiger partial charge is 0.233 e. The predicted octanol–water partition coefficient (Wildman–Crippen LogP) is -0.338. The number of likely N-dealkylation sites (tertiary alicyclic amines) is 1. The minimum atomic E-state index is 0.0659. The monoisotopic (exact) mass is 199 g/mol. The Morgan fingerprint density at radius 2 is 2.29 bits per heavy atom. The van der Waals surface area contributed by atoms with Gasteiger partial charge >= 0.3 is 0 Å². The maximum absolute atomic E-state index is 11.0. The summed E-state index contributed by atoms with van der Waals surface area (Å²) in [5.74, 6) is 0.689. The van der Waals surface area contributed by atoms with Crippen LogP contribution in [0.3, 0.4) is 0 Å². The lowest BCUT2D eigenvalue weighted by Crippen LogP contribution is -2.49. The molecule has 1 heterocycles. The van der Waals surface area contributed by atoms with E-state index in [4.69, 9.17) is 0 Å². The van der Waals surface area contributed by atoms with E-state index in [9.17, 15) is 4.79 Å². The third kappa shape index (κ3) is 3.27. The maximum Gasteiger partial charge on any atom is 0.233 e. The van der Waals surface area contributed by atoms with E-state index in [0.717, 1.165) is 19.5 Å². The van der Waals surface area contributed by atoms with Crippen molar-refractivity contribution in [2.24, 2.45) is 5.92 Å². The van der Waals surface area contributed by atoms with Crippen LogP contribution in [0, 0.1) is 5.92 Å². The van der Waals surface area contributed by atoms with Crippen LogP contribution in [0.1, 0.15) is 13.3 Å². The lowest BCUT2D eigenvalue weighted by atomic mass is 9.94. The van der Waals surface area contributed by atoms with Crippen molar-refractivity contribution in [3.05, 3.63) is 0 Å². The van der Waals surface area contributed by atoms with Gasteiger partial charge in [-0.15, -0.1) is 0 Å². The lowest BCUT2D eigenvalue weighted by Gasteiger charge is -2.35. The summed E-state index contributed by atoms with van der Waals surface area (Å²) in [6.07, 6.45) is 1.13. The van der Waals surface area contributed by atoms with Gasteiger partial charge in [-0.3, -0.25) is 4.79 Å². The number of nitrogens with zero attached hydrogens (tertiary/aromatic N) is 1. The van der Waals surface area contributed by atoms with E-state index in [-0.39, 0.29) is 5.91 Å². The van der Waals surface area contributed by atoms with Gasteiger partial charge in [-0.2, -0.15) is 0 Å². The van der Waals surface area contributed by atoms with Gasteiger partial charge in [0.05, 0.1) is 6.54 Å². The van der Waals surface area contributed by atoms with Crippen LogP contribution in [-0.4, -0.2) is 50.6 Å². The average Bonchev–Trinajstić information content (AvgIpc) is 2.16. The summed E-state index contributed by atoms with van der Waals surface area (Å²) in [7, 11) is 3.81. The van der Waals surface area contributed by atoms with Gasteiger partial charge in [0.2, 0.25) is 5.91 Å². The number of likely N-dealkylation sites (N-methyl/N-ethyl adjacent to an activating group) is 1. The van der Waals surface area contributed by atoms with Gasteiger partial charge in [0.15, 0.2) is 0 Å². The fourth-order valence-electron chi connectivity index (χ4n) is 1.97. The molecule has 1 aliphatic rings. The van der Waals surface area contributed by atoms with Gasteiger partial charge in [-0.1, -0.05) is 6.92 Å². The molecule has 0 spiro atoms. The number of nitrogens with one attached hydrogen (secondary N) is 2. The Balaban J connectivity index is 2.27. The number of hydrogen-bond acceptors (Lipinski definition) is 3. The lowest BCUT2D eigenvalue weighted by molar-refractivity contribution is -0.120. The normalized spacial score (nSPS) is 28.8. The summed E-state index contributed by atoms with van der Waals surface area (Å²) in [5.41, 5.74) is 0. The van der Waals surface area contributed by atoms with Crippen LogP contribution < -0.4 is 10.6 Å². The number of hydrogen-bond donors (Lipinski definition) is 2. The molecule has 0 aromatic heterocycles. The molecule has 1 saturated heterocycles. The Bertz CT molecular complexity index is 196. The first-order valence-electron chi connectivity index (χ1n) is 5.26. The van der Waals surface area contributed by atoms with E-state index in [1.807, 2.05) is 0 Å². The molecule has 2 N–H and O–H groups in total. The molecule has 4 heteroatoms. The number of amides is 1. The average molecular weight is 199 g/mol. The van der Waals surface area contributed by atoms with Crippen molar-refractivity contribution in [1.82, 2.24) is 15.5 Å². The molecule has 0 aromatic carbocycles. The standard InChI is InChI=1S/C10H21N3O/c1-8-7-13(3)5-4-9(8)12-6-10(14)11-2/h8-9,12H,4-7H2,1-3H3,(H,11,14). The molecule has 1 rings (SSSR count). The van der Waals surface area contributed by atoms with Gasteiger partial charge in [-0.05, 0) is 25.9 Å². The van der Waals surface area contributed by atoms with E-state index < -0.39 is 0 Å². The molecule has 0 bridgehead atoms. The van der Waals surface area contributed by atoms with Crippen LogP contribution in [0.5, 0.6) is 0 Å². The van der Waals surface area contributed by atoms with E-state index >= 15 is 0 Å². The van der Waals surface area contributed by atoms with Gasteiger partial charge in [0.25, 0.3) is 0 Å².